The Balaban J connectivity index is 2.19. The van der Waals surface area contributed by atoms with Crippen molar-refractivity contribution in [1.82, 2.24) is 14.9 Å². The number of halogens is 1. The number of rotatable bonds is 3. The molecule has 2 heterocycles. The minimum atomic E-state index is 0.378. The SMILES string of the molecule is Cc1nc(CN2CCCC2)nc(Cl)c1C(C)C. The molecule has 4 heteroatoms. The van der Waals surface area contributed by atoms with Crippen LogP contribution in [0.2, 0.25) is 5.15 Å². The van der Waals surface area contributed by atoms with Crippen LogP contribution in [0.3, 0.4) is 0 Å². The Morgan fingerprint density at radius 1 is 1.24 bits per heavy atom. The van der Waals surface area contributed by atoms with Crippen LogP contribution in [-0.2, 0) is 6.54 Å². The predicted molar refractivity (Wildman–Crippen MR) is 70.4 cm³/mol. The molecule has 0 bridgehead atoms. The van der Waals surface area contributed by atoms with Gasteiger partial charge in [-0.3, -0.25) is 4.90 Å². The average Bonchev–Trinajstić information content (AvgIpc) is 2.68. The molecule has 94 valence electrons. The van der Waals surface area contributed by atoms with Gasteiger partial charge in [-0.1, -0.05) is 25.4 Å². The van der Waals surface area contributed by atoms with Crippen molar-refractivity contribution in [1.29, 1.82) is 0 Å². The lowest BCUT2D eigenvalue weighted by molar-refractivity contribution is 0.322. The van der Waals surface area contributed by atoms with Crippen LogP contribution in [0.25, 0.3) is 0 Å². The third kappa shape index (κ3) is 2.96. The smallest absolute Gasteiger partial charge is 0.144 e. The van der Waals surface area contributed by atoms with Crippen LogP contribution in [0.4, 0.5) is 0 Å². The second-order valence-electron chi connectivity index (χ2n) is 5.07. The van der Waals surface area contributed by atoms with Crippen LogP contribution < -0.4 is 0 Å². The highest BCUT2D eigenvalue weighted by atomic mass is 35.5. The van der Waals surface area contributed by atoms with Crippen LogP contribution >= 0.6 is 11.6 Å². The molecule has 1 fully saturated rings. The van der Waals surface area contributed by atoms with Crippen LogP contribution in [0.1, 0.15) is 49.7 Å². The summed E-state index contributed by atoms with van der Waals surface area (Å²) in [6.07, 6.45) is 2.58. The highest BCUT2D eigenvalue weighted by molar-refractivity contribution is 6.30. The molecule has 0 saturated carbocycles. The Kier molecular flexibility index (Phi) is 4.00. The van der Waals surface area contributed by atoms with Crippen molar-refractivity contribution in [3.63, 3.8) is 0 Å². The Bertz CT molecular complexity index is 375. The zero-order valence-corrected chi connectivity index (χ0v) is 11.6. The monoisotopic (exact) mass is 253 g/mol. The summed E-state index contributed by atoms with van der Waals surface area (Å²) in [5.41, 5.74) is 2.10. The van der Waals surface area contributed by atoms with Gasteiger partial charge < -0.3 is 0 Å². The molecule has 3 nitrogen and oxygen atoms in total. The van der Waals surface area contributed by atoms with Crippen LogP contribution in [-0.4, -0.2) is 28.0 Å². The molecule has 0 aromatic carbocycles. The highest BCUT2D eigenvalue weighted by Gasteiger charge is 2.16. The molecule has 1 aliphatic rings. The molecule has 1 aromatic heterocycles. The fourth-order valence-corrected chi connectivity index (χ4v) is 2.92. The number of hydrogen-bond acceptors (Lipinski definition) is 3. The maximum Gasteiger partial charge on any atom is 0.144 e. The largest absolute Gasteiger partial charge is 0.296 e. The summed E-state index contributed by atoms with van der Waals surface area (Å²) in [6.45, 7) is 9.42. The molecule has 0 atom stereocenters. The molecule has 1 aliphatic heterocycles. The molecular formula is C13H20ClN3. The van der Waals surface area contributed by atoms with Crippen LogP contribution in [0, 0.1) is 6.92 Å². The first-order valence-electron chi connectivity index (χ1n) is 6.33. The number of nitrogens with zero attached hydrogens (tertiary/aromatic N) is 3. The Morgan fingerprint density at radius 3 is 2.41 bits per heavy atom. The van der Waals surface area contributed by atoms with E-state index in [1.54, 1.807) is 0 Å². The Labute approximate surface area is 108 Å². The van der Waals surface area contributed by atoms with Crippen molar-refractivity contribution in [2.75, 3.05) is 13.1 Å². The van der Waals surface area contributed by atoms with Gasteiger partial charge in [0.15, 0.2) is 0 Å². The van der Waals surface area contributed by atoms with E-state index in [4.69, 9.17) is 11.6 Å². The van der Waals surface area contributed by atoms with Crippen molar-refractivity contribution >= 4 is 11.6 Å². The third-order valence-electron chi connectivity index (χ3n) is 3.28. The summed E-state index contributed by atoms with van der Waals surface area (Å²) in [4.78, 5) is 11.4. The summed E-state index contributed by atoms with van der Waals surface area (Å²) in [5.74, 6) is 1.24. The van der Waals surface area contributed by atoms with Crippen molar-refractivity contribution in [3.05, 3.63) is 22.2 Å². The molecular weight excluding hydrogens is 234 g/mol. The zero-order valence-electron chi connectivity index (χ0n) is 10.8. The number of hydrogen-bond donors (Lipinski definition) is 0. The summed E-state index contributed by atoms with van der Waals surface area (Å²) in [5, 5.41) is 0.627. The topological polar surface area (TPSA) is 29.0 Å². The zero-order chi connectivity index (χ0) is 12.4. The standard InChI is InChI=1S/C13H20ClN3/c1-9(2)12-10(3)15-11(16-13(12)14)8-17-6-4-5-7-17/h9H,4-8H2,1-3H3. The summed E-state index contributed by atoms with van der Waals surface area (Å²) < 4.78 is 0. The van der Waals surface area contributed by atoms with Gasteiger partial charge in [0, 0.05) is 11.3 Å². The van der Waals surface area contributed by atoms with Gasteiger partial charge in [-0.25, -0.2) is 9.97 Å². The number of aryl methyl sites for hydroxylation is 1. The van der Waals surface area contributed by atoms with Gasteiger partial charge in [0.1, 0.15) is 11.0 Å². The quantitative estimate of drug-likeness (QED) is 0.775. The van der Waals surface area contributed by atoms with Gasteiger partial charge in [-0.15, -0.1) is 0 Å². The van der Waals surface area contributed by atoms with Gasteiger partial charge in [0.25, 0.3) is 0 Å². The number of likely N-dealkylation sites (tertiary alicyclic amines) is 1. The molecule has 0 unspecified atom stereocenters. The van der Waals surface area contributed by atoms with E-state index in [0.29, 0.717) is 11.1 Å². The van der Waals surface area contributed by atoms with Crippen LogP contribution in [0.15, 0.2) is 0 Å². The average molecular weight is 254 g/mol. The maximum atomic E-state index is 6.25. The van der Waals surface area contributed by atoms with Crippen LogP contribution in [0.5, 0.6) is 0 Å². The Hall–Kier alpha value is -0.670. The molecule has 0 aliphatic carbocycles. The summed E-state index contributed by atoms with van der Waals surface area (Å²) >= 11 is 6.25. The third-order valence-corrected chi connectivity index (χ3v) is 3.57. The van der Waals surface area contributed by atoms with E-state index >= 15 is 0 Å². The highest BCUT2D eigenvalue weighted by Crippen LogP contribution is 2.25. The molecule has 1 aromatic rings. The van der Waals surface area contributed by atoms with Crippen molar-refractivity contribution in [3.8, 4) is 0 Å². The van der Waals surface area contributed by atoms with Gasteiger partial charge >= 0.3 is 0 Å². The van der Waals surface area contributed by atoms with E-state index in [9.17, 15) is 0 Å². The molecule has 0 N–H and O–H groups in total. The molecule has 17 heavy (non-hydrogen) atoms. The fourth-order valence-electron chi connectivity index (χ4n) is 2.47. The Morgan fingerprint density at radius 2 is 1.88 bits per heavy atom. The molecule has 1 saturated heterocycles. The molecule has 0 radical (unpaired) electrons. The minimum absolute atomic E-state index is 0.378. The maximum absolute atomic E-state index is 6.25. The normalized spacial score (nSPS) is 17.0. The van der Waals surface area contributed by atoms with Crippen molar-refractivity contribution in [2.24, 2.45) is 0 Å². The number of aromatic nitrogens is 2. The van der Waals surface area contributed by atoms with E-state index in [-0.39, 0.29) is 0 Å². The van der Waals surface area contributed by atoms with Gasteiger partial charge in [-0.05, 0) is 38.8 Å². The lowest BCUT2D eigenvalue weighted by atomic mass is 10.0. The first-order chi connectivity index (χ1) is 8.08. The predicted octanol–water partition coefficient (Wildman–Crippen LogP) is 3.16. The lowest BCUT2D eigenvalue weighted by Gasteiger charge is -2.16. The van der Waals surface area contributed by atoms with E-state index in [1.165, 1.54) is 12.8 Å². The lowest BCUT2D eigenvalue weighted by Crippen LogP contribution is -2.20. The van der Waals surface area contributed by atoms with Crippen molar-refractivity contribution < 1.29 is 0 Å². The van der Waals surface area contributed by atoms with E-state index in [2.05, 4.69) is 28.7 Å². The summed E-state index contributed by atoms with van der Waals surface area (Å²) in [7, 11) is 0. The van der Waals surface area contributed by atoms with Gasteiger partial charge in [0.2, 0.25) is 0 Å². The van der Waals surface area contributed by atoms with Gasteiger partial charge in [0.05, 0.1) is 6.54 Å². The summed E-state index contributed by atoms with van der Waals surface area (Å²) in [6, 6.07) is 0. The fraction of sp³-hybridized carbons (Fsp3) is 0.692. The first kappa shape index (κ1) is 12.8. The molecule has 2 rings (SSSR count). The first-order valence-corrected chi connectivity index (χ1v) is 6.71. The molecule has 0 spiro atoms. The second-order valence-corrected chi connectivity index (χ2v) is 5.43. The van der Waals surface area contributed by atoms with Gasteiger partial charge in [-0.2, -0.15) is 0 Å². The molecule has 0 amide bonds. The minimum Gasteiger partial charge on any atom is -0.296 e. The van der Waals surface area contributed by atoms with Crippen molar-refractivity contribution in [2.45, 2.75) is 46.1 Å². The second kappa shape index (κ2) is 5.32. The van der Waals surface area contributed by atoms with E-state index in [1.807, 2.05) is 6.92 Å². The van der Waals surface area contributed by atoms with E-state index < -0.39 is 0 Å². The van der Waals surface area contributed by atoms with E-state index in [0.717, 1.165) is 36.7 Å².